The molecule has 1 aromatic heterocycles. The summed E-state index contributed by atoms with van der Waals surface area (Å²) in [4.78, 5) is 32.4. The molecule has 0 saturated heterocycles. The van der Waals surface area contributed by atoms with E-state index in [0.29, 0.717) is 18.0 Å². The molecule has 2 heterocycles. The molecule has 1 amide bonds. The van der Waals surface area contributed by atoms with Crippen molar-refractivity contribution in [3.8, 4) is 17.0 Å². The van der Waals surface area contributed by atoms with E-state index in [1.807, 2.05) is 32.0 Å². The third-order valence-electron chi connectivity index (χ3n) is 4.54. The Labute approximate surface area is 168 Å². The fourth-order valence-electron chi connectivity index (χ4n) is 3.16. The van der Waals surface area contributed by atoms with Gasteiger partial charge in [0, 0.05) is 17.6 Å². The maximum Gasteiger partial charge on any atom is 0.329 e. The Morgan fingerprint density at radius 2 is 2.11 bits per heavy atom. The smallest absolute Gasteiger partial charge is 0.329 e. The predicted octanol–water partition coefficient (Wildman–Crippen LogP) is 3.12. The summed E-state index contributed by atoms with van der Waals surface area (Å²) in [5.41, 5.74) is 2.28. The van der Waals surface area contributed by atoms with Crippen molar-refractivity contribution in [2.24, 2.45) is 0 Å². The molecule has 1 aromatic carbocycles. The predicted molar refractivity (Wildman–Crippen MR) is 107 cm³/mol. The maximum atomic E-state index is 12.8. The number of hydrogen-bond acceptors (Lipinski definition) is 7. The molecule has 1 aliphatic heterocycles. The zero-order valence-corrected chi connectivity index (χ0v) is 17.5. The van der Waals surface area contributed by atoms with Crippen LogP contribution in [0.2, 0.25) is 0 Å². The van der Waals surface area contributed by atoms with Crippen molar-refractivity contribution >= 4 is 28.9 Å². The molecular formula is C20H24N2O5S. The molecule has 0 saturated carbocycles. The first-order valence-electron chi connectivity index (χ1n) is 9.07. The number of carbonyl (C=O) groups excluding carboxylic acids is 2. The molecule has 2 atom stereocenters. The Balaban J connectivity index is 1.97. The van der Waals surface area contributed by atoms with Gasteiger partial charge in [-0.3, -0.25) is 9.69 Å². The lowest BCUT2D eigenvalue weighted by Gasteiger charge is -2.36. The largest absolute Gasteiger partial charge is 0.479 e. The fourth-order valence-corrected chi connectivity index (χ4v) is 4.00. The number of nitrogens with zero attached hydrogens (tertiary/aromatic N) is 2. The molecule has 2 unspecified atom stereocenters. The number of benzene rings is 1. The summed E-state index contributed by atoms with van der Waals surface area (Å²) in [6.07, 6.45) is -0.684. The number of carbonyl (C=O) groups is 2. The van der Waals surface area contributed by atoms with E-state index in [-0.39, 0.29) is 12.5 Å². The van der Waals surface area contributed by atoms with Crippen molar-refractivity contribution in [3.63, 3.8) is 0 Å². The Kier molecular flexibility index (Phi) is 6.00. The summed E-state index contributed by atoms with van der Waals surface area (Å²) in [6.45, 7) is 7.73. The molecule has 7 nitrogen and oxygen atoms in total. The second-order valence-electron chi connectivity index (χ2n) is 6.62. The average Bonchev–Trinajstić information content (AvgIpc) is 3.00. The second-order valence-corrected chi connectivity index (χ2v) is 8.03. The van der Waals surface area contributed by atoms with E-state index in [9.17, 15) is 9.59 Å². The van der Waals surface area contributed by atoms with Crippen molar-refractivity contribution in [1.29, 1.82) is 0 Å². The summed E-state index contributed by atoms with van der Waals surface area (Å²) < 4.78 is 15.9. The number of methoxy groups -OCH3 is 1. The van der Waals surface area contributed by atoms with E-state index in [2.05, 4.69) is 4.98 Å². The Morgan fingerprint density at radius 3 is 2.75 bits per heavy atom. The molecule has 28 heavy (non-hydrogen) atoms. The van der Waals surface area contributed by atoms with Gasteiger partial charge in [-0.25, -0.2) is 9.78 Å². The number of thiazole rings is 1. The van der Waals surface area contributed by atoms with Gasteiger partial charge in [0.1, 0.15) is 18.4 Å². The lowest BCUT2D eigenvalue weighted by atomic mass is 10.1. The van der Waals surface area contributed by atoms with E-state index in [1.54, 1.807) is 25.2 Å². The van der Waals surface area contributed by atoms with Crippen LogP contribution in [-0.2, 0) is 19.1 Å². The first-order chi connectivity index (χ1) is 13.3. The lowest BCUT2D eigenvalue weighted by Crippen LogP contribution is -2.52. The standard InChI is InChI=1S/C20H24N2O5S/c1-11(20(24)26-9-8-25-5)22-16-10-15(18-13(3)28-14(4)21-18)6-7-17(16)27-12(2)19(22)23/h6-7,10-12H,8-9H2,1-5H3. The summed E-state index contributed by atoms with van der Waals surface area (Å²) >= 11 is 1.62. The van der Waals surface area contributed by atoms with Crippen LogP contribution in [0.15, 0.2) is 18.2 Å². The fraction of sp³-hybridized carbons (Fsp3) is 0.450. The average molecular weight is 404 g/mol. The van der Waals surface area contributed by atoms with Crippen LogP contribution in [0.3, 0.4) is 0 Å². The van der Waals surface area contributed by atoms with Crippen LogP contribution in [0.25, 0.3) is 11.3 Å². The normalized spacial score (nSPS) is 17.1. The zero-order valence-electron chi connectivity index (χ0n) is 16.6. The third kappa shape index (κ3) is 3.88. The van der Waals surface area contributed by atoms with Gasteiger partial charge in [0.15, 0.2) is 6.10 Å². The van der Waals surface area contributed by atoms with Crippen molar-refractivity contribution in [2.45, 2.75) is 39.8 Å². The number of fused-ring (bicyclic) bond motifs is 1. The van der Waals surface area contributed by atoms with Gasteiger partial charge in [-0.15, -0.1) is 11.3 Å². The van der Waals surface area contributed by atoms with E-state index in [0.717, 1.165) is 21.1 Å². The second kappa shape index (κ2) is 8.28. The van der Waals surface area contributed by atoms with E-state index in [1.165, 1.54) is 12.0 Å². The number of esters is 1. The molecule has 1 aliphatic rings. The quantitative estimate of drug-likeness (QED) is 0.544. The molecule has 0 N–H and O–H groups in total. The number of anilines is 1. The van der Waals surface area contributed by atoms with Crippen molar-refractivity contribution in [3.05, 3.63) is 28.1 Å². The molecular weight excluding hydrogens is 380 g/mol. The van der Waals surface area contributed by atoms with Gasteiger partial charge >= 0.3 is 5.97 Å². The molecule has 3 rings (SSSR count). The third-order valence-corrected chi connectivity index (χ3v) is 5.43. The van der Waals surface area contributed by atoms with Gasteiger partial charge in [0.25, 0.3) is 5.91 Å². The van der Waals surface area contributed by atoms with Gasteiger partial charge < -0.3 is 14.2 Å². The van der Waals surface area contributed by atoms with Crippen LogP contribution >= 0.6 is 11.3 Å². The molecule has 2 aromatic rings. The Morgan fingerprint density at radius 1 is 1.36 bits per heavy atom. The highest BCUT2D eigenvalue weighted by Crippen LogP contribution is 2.39. The summed E-state index contributed by atoms with van der Waals surface area (Å²) in [6, 6.07) is 4.79. The SMILES string of the molecule is COCCOC(=O)C(C)N1C(=O)C(C)Oc2ccc(-c3nc(C)sc3C)cc21. The van der Waals surface area contributed by atoms with Crippen LogP contribution in [0, 0.1) is 13.8 Å². The monoisotopic (exact) mass is 404 g/mol. The first-order valence-corrected chi connectivity index (χ1v) is 9.89. The van der Waals surface area contributed by atoms with Crippen LogP contribution in [0.1, 0.15) is 23.7 Å². The topological polar surface area (TPSA) is 78.0 Å². The van der Waals surface area contributed by atoms with Gasteiger partial charge in [0.2, 0.25) is 0 Å². The Hall–Kier alpha value is -2.45. The van der Waals surface area contributed by atoms with Gasteiger partial charge in [-0.1, -0.05) is 0 Å². The van der Waals surface area contributed by atoms with Crippen LogP contribution in [0.5, 0.6) is 5.75 Å². The van der Waals surface area contributed by atoms with Crippen LogP contribution in [-0.4, -0.2) is 49.3 Å². The zero-order chi connectivity index (χ0) is 20.4. The van der Waals surface area contributed by atoms with Crippen LogP contribution < -0.4 is 9.64 Å². The van der Waals surface area contributed by atoms with Gasteiger partial charge in [-0.05, 0) is 45.9 Å². The van der Waals surface area contributed by atoms with Gasteiger partial charge in [0.05, 0.1) is 23.0 Å². The molecule has 8 heteroatoms. The van der Waals surface area contributed by atoms with Crippen molar-refractivity contribution in [2.75, 3.05) is 25.2 Å². The highest BCUT2D eigenvalue weighted by atomic mass is 32.1. The van der Waals surface area contributed by atoms with Crippen LogP contribution in [0.4, 0.5) is 5.69 Å². The van der Waals surface area contributed by atoms with E-state index < -0.39 is 18.1 Å². The van der Waals surface area contributed by atoms with E-state index in [4.69, 9.17) is 14.2 Å². The number of rotatable bonds is 6. The number of amides is 1. The summed E-state index contributed by atoms with van der Waals surface area (Å²) in [5, 5.41) is 0.970. The van der Waals surface area contributed by atoms with Crippen molar-refractivity contribution in [1.82, 2.24) is 4.98 Å². The number of hydrogen-bond donors (Lipinski definition) is 0. The molecule has 0 aliphatic carbocycles. The highest BCUT2D eigenvalue weighted by molar-refractivity contribution is 7.11. The molecule has 0 bridgehead atoms. The molecule has 0 fully saturated rings. The summed E-state index contributed by atoms with van der Waals surface area (Å²) in [7, 11) is 1.53. The maximum absolute atomic E-state index is 12.8. The molecule has 0 radical (unpaired) electrons. The number of ether oxygens (including phenoxy) is 3. The van der Waals surface area contributed by atoms with E-state index >= 15 is 0 Å². The summed E-state index contributed by atoms with van der Waals surface area (Å²) in [5.74, 6) is -0.222. The highest BCUT2D eigenvalue weighted by Gasteiger charge is 2.38. The van der Waals surface area contributed by atoms with Crippen molar-refractivity contribution < 1.29 is 23.8 Å². The van der Waals surface area contributed by atoms with Gasteiger partial charge in [-0.2, -0.15) is 0 Å². The first kappa shape index (κ1) is 20.3. The number of aromatic nitrogens is 1. The minimum atomic E-state index is -0.789. The lowest BCUT2D eigenvalue weighted by molar-refractivity contribution is -0.147. The minimum absolute atomic E-state index is 0.137. The molecule has 150 valence electrons. The molecule has 0 spiro atoms. The Bertz CT molecular complexity index is 895. The number of aryl methyl sites for hydroxylation is 2. The minimum Gasteiger partial charge on any atom is -0.479 e.